The summed E-state index contributed by atoms with van der Waals surface area (Å²) >= 11 is 1.32. The van der Waals surface area contributed by atoms with Crippen LogP contribution in [0.25, 0.3) is 0 Å². The van der Waals surface area contributed by atoms with Crippen LogP contribution in [0.1, 0.15) is 28.1 Å². The second kappa shape index (κ2) is 5.89. The van der Waals surface area contributed by atoms with E-state index in [0.29, 0.717) is 4.90 Å². The van der Waals surface area contributed by atoms with Crippen molar-refractivity contribution in [3.63, 3.8) is 0 Å². The Bertz CT molecular complexity index is 584. The number of benzene rings is 2. The van der Waals surface area contributed by atoms with Gasteiger partial charge in [0, 0.05) is 10.1 Å². The first kappa shape index (κ1) is 13.6. The Morgan fingerprint density at radius 3 is 2.53 bits per heavy atom. The highest BCUT2D eigenvalue weighted by atomic mass is 32.2. The molecule has 0 aromatic heterocycles. The fourth-order valence-corrected chi connectivity index (χ4v) is 2.76. The van der Waals surface area contributed by atoms with E-state index in [2.05, 4.69) is 0 Å². The van der Waals surface area contributed by atoms with Gasteiger partial charge in [-0.1, -0.05) is 30.3 Å². The topological polar surface area (TPSA) is 37.3 Å². The van der Waals surface area contributed by atoms with Crippen molar-refractivity contribution in [3.05, 3.63) is 65.5 Å². The van der Waals surface area contributed by atoms with E-state index in [4.69, 9.17) is 5.11 Å². The van der Waals surface area contributed by atoms with Crippen molar-refractivity contribution < 1.29 is 14.3 Å². The molecule has 0 fully saturated rings. The summed E-state index contributed by atoms with van der Waals surface area (Å²) in [7, 11) is 0. The predicted molar refractivity (Wildman–Crippen MR) is 74.1 cm³/mol. The molecule has 0 aliphatic heterocycles. The first-order chi connectivity index (χ1) is 9.08. The highest BCUT2D eigenvalue weighted by Gasteiger charge is 2.13. The Kier molecular flexibility index (Phi) is 4.22. The molecule has 2 nitrogen and oxygen atoms in total. The second-order valence-electron chi connectivity index (χ2n) is 4.12. The summed E-state index contributed by atoms with van der Waals surface area (Å²) in [4.78, 5) is 11.2. The number of aromatic carboxylic acids is 1. The van der Waals surface area contributed by atoms with Gasteiger partial charge >= 0.3 is 5.97 Å². The molecule has 0 aliphatic rings. The van der Waals surface area contributed by atoms with Crippen molar-refractivity contribution in [2.75, 3.05) is 0 Å². The highest BCUT2D eigenvalue weighted by Crippen LogP contribution is 2.36. The van der Waals surface area contributed by atoms with Crippen LogP contribution < -0.4 is 0 Å². The number of carboxylic acids is 1. The lowest BCUT2D eigenvalue weighted by Gasteiger charge is -2.12. The Morgan fingerprint density at radius 1 is 1.21 bits per heavy atom. The number of thioether (sulfide) groups is 1. The molecule has 0 saturated heterocycles. The van der Waals surface area contributed by atoms with Crippen LogP contribution in [-0.4, -0.2) is 11.1 Å². The first-order valence-corrected chi connectivity index (χ1v) is 6.70. The number of hydrogen-bond acceptors (Lipinski definition) is 2. The van der Waals surface area contributed by atoms with Gasteiger partial charge in [0.2, 0.25) is 0 Å². The van der Waals surface area contributed by atoms with E-state index in [9.17, 15) is 9.18 Å². The Hall–Kier alpha value is -1.81. The summed E-state index contributed by atoms with van der Waals surface area (Å²) in [6.45, 7) is 1.97. The standard InChI is InChI=1S/C15H13FO2S/c1-10(11-5-3-2-4-6-11)19-14-9-12(15(17)18)7-8-13(14)16/h2-10H,1H3,(H,17,18). The minimum atomic E-state index is -1.05. The molecule has 2 rings (SSSR count). The van der Waals surface area contributed by atoms with Gasteiger partial charge in [-0.3, -0.25) is 0 Å². The molecule has 0 radical (unpaired) electrons. The fraction of sp³-hybridized carbons (Fsp3) is 0.133. The minimum absolute atomic E-state index is 0.0553. The van der Waals surface area contributed by atoms with Crippen LogP contribution in [0.4, 0.5) is 4.39 Å². The summed E-state index contributed by atoms with van der Waals surface area (Å²) in [6, 6.07) is 13.6. The average Bonchev–Trinajstić information content (AvgIpc) is 2.42. The van der Waals surface area contributed by atoms with Gasteiger partial charge in [0.25, 0.3) is 0 Å². The molecule has 0 aliphatic carbocycles. The van der Waals surface area contributed by atoms with Gasteiger partial charge in [0.05, 0.1) is 5.56 Å². The average molecular weight is 276 g/mol. The van der Waals surface area contributed by atoms with Crippen LogP contribution in [0.3, 0.4) is 0 Å². The molecular formula is C15H13FO2S. The molecule has 1 atom stereocenters. The van der Waals surface area contributed by atoms with Crippen molar-refractivity contribution in [1.82, 2.24) is 0 Å². The molecule has 98 valence electrons. The van der Waals surface area contributed by atoms with E-state index in [0.717, 1.165) is 5.56 Å². The lowest BCUT2D eigenvalue weighted by atomic mass is 10.2. The number of carbonyl (C=O) groups is 1. The zero-order valence-electron chi connectivity index (χ0n) is 10.3. The Morgan fingerprint density at radius 2 is 1.89 bits per heavy atom. The Labute approximate surface area is 115 Å². The van der Waals surface area contributed by atoms with Crippen LogP contribution in [-0.2, 0) is 0 Å². The number of hydrogen-bond donors (Lipinski definition) is 1. The molecular weight excluding hydrogens is 263 g/mol. The third-order valence-corrected chi connectivity index (χ3v) is 3.94. The van der Waals surface area contributed by atoms with E-state index in [1.165, 1.54) is 30.0 Å². The molecule has 1 unspecified atom stereocenters. The first-order valence-electron chi connectivity index (χ1n) is 5.82. The van der Waals surface area contributed by atoms with Crippen LogP contribution in [0.5, 0.6) is 0 Å². The zero-order valence-corrected chi connectivity index (χ0v) is 11.2. The predicted octanol–water partition coefficient (Wildman–Crippen LogP) is 4.38. The van der Waals surface area contributed by atoms with Gasteiger partial charge < -0.3 is 5.11 Å². The third-order valence-electron chi connectivity index (χ3n) is 2.75. The van der Waals surface area contributed by atoms with Gasteiger partial charge in [-0.15, -0.1) is 11.8 Å². The smallest absolute Gasteiger partial charge is 0.335 e. The molecule has 4 heteroatoms. The van der Waals surface area contributed by atoms with Gasteiger partial charge in [-0.2, -0.15) is 0 Å². The zero-order chi connectivity index (χ0) is 13.8. The number of rotatable bonds is 4. The van der Waals surface area contributed by atoms with E-state index < -0.39 is 11.8 Å². The largest absolute Gasteiger partial charge is 0.478 e. The van der Waals surface area contributed by atoms with Crippen molar-refractivity contribution in [2.45, 2.75) is 17.1 Å². The number of halogens is 1. The molecule has 0 amide bonds. The molecule has 0 spiro atoms. The van der Waals surface area contributed by atoms with Crippen LogP contribution in [0.15, 0.2) is 53.4 Å². The van der Waals surface area contributed by atoms with Crippen molar-refractivity contribution in [3.8, 4) is 0 Å². The van der Waals surface area contributed by atoms with E-state index in [1.54, 1.807) is 0 Å². The van der Waals surface area contributed by atoms with Gasteiger partial charge in [-0.05, 0) is 30.7 Å². The second-order valence-corrected chi connectivity index (χ2v) is 5.50. The third kappa shape index (κ3) is 3.35. The van der Waals surface area contributed by atoms with Crippen LogP contribution >= 0.6 is 11.8 Å². The highest BCUT2D eigenvalue weighted by molar-refractivity contribution is 7.99. The Balaban J connectivity index is 2.23. The molecule has 2 aromatic rings. The van der Waals surface area contributed by atoms with Gasteiger partial charge in [0.15, 0.2) is 0 Å². The van der Waals surface area contributed by atoms with Crippen LogP contribution in [0, 0.1) is 5.82 Å². The van der Waals surface area contributed by atoms with Crippen molar-refractivity contribution in [2.24, 2.45) is 0 Å². The van der Waals surface area contributed by atoms with Crippen molar-refractivity contribution in [1.29, 1.82) is 0 Å². The van der Waals surface area contributed by atoms with Crippen molar-refractivity contribution >= 4 is 17.7 Å². The summed E-state index contributed by atoms with van der Waals surface area (Å²) in [5.41, 5.74) is 1.18. The maximum Gasteiger partial charge on any atom is 0.335 e. The van der Waals surface area contributed by atoms with E-state index in [-0.39, 0.29) is 10.8 Å². The maximum absolute atomic E-state index is 13.7. The minimum Gasteiger partial charge on any atom is -0.478 e. The van der Waals surface area contributed by atoms with E-state index in [1.807, 2.05) is 37.3 Å². The van der Waals surface area contributed by atoms with Crippen LogP contribution in [0.2, 0.25) is 0 Å². The maximum atomic E-state index is 13.7. The monoisotopic (exact) mass is 276 g/mol. The quantitative estimate of drug-likeness (QED) is 0.842. The lowest BCUT2D eigenvalue weighted by molar-refractivity contribution is 0.0696. The lowest BCUT2D eigenvalue weighted by Crippen LogP contribution is -1.98. The fourth-order valence-electron chi connectivity index (χ4n) is 1.71. The molecule has 2 aromatic carbocycles. The summed E-state index contributed by atoms with van der Waals surface area (Å²) in [6.07, 6.45) is 0. The summed E-state index contributed by atoms with van der Waals surface area (Å²) in [5.74, 6) is -1.44. The molecule has 0 bridgehead atoms. The summed E-state index contributed by atoms with van der Waals surface area (Å²) in [5, 5.41) is 8.97. The van der Waals surface area contributed by atoms with Gasteiger partial charge in [-0.25, -0.2) is 9.18 Å². The molecule has 0 saturated carbocycles. The van der Waals surface area contributed by atoms with Gasteiger partial charge in [0.1, 0.15) is 5.82 Å². The normalized spacial score (nSPS) is 12.1. The number of carboxylic acid groups (broad SMARTS) is 1. The van der Waals surface area contributed by atoms with E-state index >= 15 is 0 Å². The summed E-state index contributed by atoms with van der Waals surface area (Å²) < 4.78 is 13.7. The molecule has 0 heterocycles. The molecule has 19 heavy (non-hydrogen) atoms. The SMILES string of the molecule is CC(Sc1cc(C(=O)O)ccc1F)c1ccccc1. The molecule has 1 N–H and O–H groups in total.